The molecule has 2 aliphatic rings. The molecule has 2 aromatic rings. The molecule has 23 heavy (non-hydrogen) atoms. The van der Waals surface area contributed by atoms with Crippen molar-refractivity contribution < 1.29 is 9.90 Å². The number of amides is 2. The van der Waals surface area contributed by atoms with E-state index in [0.29, 0.717) is 6.42 Å². The van der Waals surface area contributed by atoms with E-state index in [0.717, 1.165) is 29.7 Å². The zero-order valence-corrected chi connectivity index (χ0v) is 12.9. The first kappa shape index (κ1) is 14.3. The average Bonchev–Trinajstić information content (AvgIpc) is 3.12. The Morgan fingerprint density at radius 2 is 1.87 bits per heavy atom. The Morgan fingerprint density at radius 3 is 2.78 bits per heavy atom. The van der Waals surface area contributed by atoms with Gasteiger partial charge in [0, 0.05) is 12.1 Å². The molecule has 2 amide bonds. The van der Waals surface area contributed by atoms with Gasteiger partial charge in [0.25, 0.3) is 0 Å². The first-order valence-corrected chi connectivity index (χ1v) is 8.16. The lowest BCUT2D eigenvalue weighted by atomic mass is 10.1. The summed E-state index contributed by atoms with van der Waals surface area (Å²) in [5.41, 5.74) is 5.63. The number of carbonyl (C=O) groups excluding carboxylic acids is 1. The summed E-state index contributed by atoms with van der Waals surface area (Å²) in [6.07, 6.45) is 3.42. The Morgan fingerprint density at radius 1 is 1.04 bits per heavy atom. The van der Waals surface area contributed by atoms with Crippen molar-refractivity contribution in [3.05, 3.63) is 64.7 Å². The largest absolute Gasteiger partial charge is 0.390 e. The fourth-order valence-electron chi connectivity index (χ4n) is 3.71. The van der Waals surface area contributed by atoms with Crippen LogP contribution < -0.4 is 10.6 Å². The van der Waals surface area contributed by atoms with E-state index in [1.165, 1.54) is 17.5 Å². The van der Waals surface area contributed by atoms with E-state index in [-0.39, 0.29) is 12.1 Å². The maximum absolute atomic E-state index is 12.3. The molecular weight excluding hydrogens is 288 g/mol. The molecule has 0 heterocycles. The van der Waals surface area contributed by atoms with E-state index >= 15 is 0 Å². The third kappa shape index (κ3) is 2.70. The first-order chi connectivity index (χ1) is 11.2. The van der Waals surface area contributed by atoms with Gasteiger partial charge in [-0.25, -0.2) is 4.79 Å². The topological polar surface area (TPSA) is 61.4 Å². The number of benzene rings is 2. The first-order valence-electron chi connectivity index (χ1n) is 8.16. The van der Waals surface area contributed by atoms with Crippen molar-refractivity contribution in [2.24, 2.45) is 0 Å². The fourth-order valence-corrected chi connectivity index (χ4v) is 3.71. The summed E-state index contributed by atoms with van der Waals surface area (Å²) in [6.45, 7) is 0. The second-order valence-electron chi connectivity index (χ2n) is 6.38. The normalized spacial score (nSPS) is 21.6. The quantitative estimate of drug-likeness (QED) is 0.799. The number of aliphatic hydroxyl groups is 1. The van der Waals surface area contributed by atoms with Gasteiger partial charge in [0.2, 0.25) is 0 Å². The third-order valence-corrected chi connectivity index (χ3v) is 4.85. The second-order valence-corrected chi connectivity index (χ2v) is 6.38. The highest BCUT2D eigenvalue weighted by atomic mass is 16.3. The summed E-state index contributed by atoms with van der Waals surface area (Å²) < 4.78 is 0. The standard InChI is InChI=1S/C19H20N2O2/c22-17-11-14-4-1-2-7-16(14)18(17)21-19(23)20-15-9-8-12-5-3-6-13(12)10-15/h1-2,4,7-10,17-18,22H,3,5-6,11H2,(H2,20,21,23)/t17-,18+/m0/s1. The molecule has 0 spiro atoms. The summed E-state index contributed by atoms with van der Waals surface area (Å²) in [4.78, 5) is 12.3. The van der Waals surface area contributed by atoms with Crippen LogP contribution in [0.25, 0.3) is 0 Å². The van der Waals surface area contributed by atoms with Crippen LogP contribution in [-0.4, -0.2) is 17.2 Å². The highest BCUT2D eigenvalue weighted by Crippen LogP contribution is 2.31. The number of hydrogen-bond donors (Lipinski definition) is 3. The van der Waals surface area contributed by atoms with Crippen molar-refractivity contribution in [1.82, 2.24) is 5.32 Å². The van der Waals surface area contributed by atoms with Crippen molar-refractivity contribution in [3.8, 4) is 0 Å². The summed E-state index contributed by atoms with van der Waals surface area (Å²) in [6, 6.07) is 13.3. The number of carbonyl (C=O) groups is 1. The fraction of sp³-hybridized carbons (Fsp3) is 0.316. The molecule has 0 saturated heterocycles. The number of aryl methyl sites for hydroxylation is 2. The number of nitrogens with one attached hydrogen (secondary N) is 2. The number of urea groups is 1. The SMILES string of the molecule is O=C(Nc1ccc2c(c1)CCC2)N[C@@H]1c2ccccc2C[C@@H]1O. The molecule has 0 fully saturated rings. The zero-order chi connectivity index (χ0) is 15.8. The number of rotatable bonds is 2. The summed E-state index contributed by atoms with van der Waals surface area (Å²) >= 11 is 0. The molecule has 118 valence electrons. The van der Waals surface area contributed by atoms with Crippen molar-refractivity contribution in [1.29, 1.82) is 0 Å². The lowest BCUT2D eigenvalue weighted by molar-refractivity contribution is 0.144. The van der Waals surface area contributed by atoms with Crippen LogP contribution in [0.4, 0.5) is 10.5 Å². The monoisotopic (exact) mass is 308 g/mol. The molecule has 0 unspecified atom stereocenters. The average molecular weight is 308 g/mol. The lowest BCUT2D eigenvalue weighted by Gasteiger charge is -2.18. The minimum Gasteiger partial charge on any atom is -0.390 e. The van der Waals surface area contributed by atoms with Gasteiger partial charge in [-0.3, -0.25) is 0 Å². The summed E-state index contributed by atoms with van der Waals surface area (Å²) in [5.74, 6) is 0. The van der Waals surface area contributed by atoms with Gasteiger partial charge in [-0.2, -0.15) is 0 Å². The number of aliphatic hydroxyl groups excluding tert-OH is 1. The Bertz CT molecular complexity index is 757. The number of anilines is 1. The van der Waals surface area contributed by atoms with Crippen molar-refractivity contribution in [2.45, 2.75) is 37.8 Å². The van der Waals surface area contributed by atoms with E-state index in [2.05, 4.69) is 22.8 Å². The molecule has 4 heteroatoms. The maximum Gasteiger partial charge on any atom is 0.319 e. The molecule has 0 bridgehead atoms. The molecular formula is C19H20N2O2. The van der Waals surface area contributed by atoms with Gasteiger partial charge in [-0.05, 0) is 53.6 Å². The number of fused-ring (bicyclic) bond motifs is 2. The Kier molecular flexibility index (Phi) is 3.54. The van der Waals surface area contributed by atoms with Crippen LogP contribution in [0.2, 0.25) is 0 Å². The summed E-state index contributed by atoms with van der Waals surface area (Å²) in [7, 11) is 0. The van der Waals surface area contributed by atoms with Crippen LogP contribution in [0.15, 0.2) is 42.5 Å². The molecule has 3 N–H and O–H groups in total. The third-order valence-electron chi connectivity index (χ3n) is 4.85. The Labute approximate surface area is 135 Å². The van der Waals surface area contributed by atoms with Gasteiger partial charge in [0.05, 0.1) is 12.1 Å². The minimum atomic E-state index is -0.571. The van der Waals surface area contributed by atoms with E-state index in [9.17, 15) is 9.90 Å². The second kappa shape index (κ2) is 5.70. The smallest absolute Gasteiger partial charge is 0.319 e. The van der Waals surface area contributed by atoms with Crippen LogP contribution in [0.5, 0.6) is 0 Å². The molecule has 4 rings (SSSR count). The van der Waals surface area contributed by atoms with E-state index in [4.69, 9.17) is 0 Å². The van der Waals surface area contributed by atoms with E-state index < -0.39 is 6.10 Å². The summed E-state index contributed by atoms with van der Waals surface area (Å²) in [5, 5.41) is 16.0. The molecule has 0 aliphatic heterocycles. The van der Waals surface area contributed by atoms with Crippen LogP contribution in [0, 0.1) is 0 Å². The molecule has 2 atom stereocenters. The maximum atomic E-state index is 12.3. The molecule has 4 nitrogen and oxygen atoms in total. The van der Waals surface area contributed by atoms with Crippen LogP contribution >= 0.6 is 0 Å². The highest BCUT2D eigenvalue weighted by Gasteiger charge is 2.31. The molecule has 2 aliphatic carbocycles. The lowest BCUT2D eigenvalue weighted by Crippen LogP contribution is -2.36. The van der Waals surface area contributed by atoms with Gasteiger partial charge in [0.15, 0.2) is 0 Å². The van der Waals surface area contributed by atoms with Crippen molar-refractivity contribution >= 4 is 11.7 Å². The van der Waals surface area contributed by atoms with E-state index in [1.807, 2.05) is 30.3 Å². The van der Waals surface area contributed by atoms with Gasteiger partial charge < -0.3 is 15.7 Å². The number of hydrogen-bond acceptors (Lipinski definition) is 2. The van der Waals surface area contributed by atoms with Gasteiger partial charge >= 0.3 is 6.03 Å². The van der Waals surface area contributed by atoms with Gasteiger partial charge in [-0.1, -0.05) is 30.3 Å². The van der Waals surface area contributed by atoms with Crippen molar-refractivity contribution in [2.75, 3.05) is 5.32 Å². The molecule has 0 saturated carbocycles. The van der Waals surface area contributed by atoms with E-state index in [1.54, 1.807) is 0 Å². The van der Waals surface area contributed by atoms with Gasteiger partial charge in [-0.15, -0.1) is 0 Å². The molecule has 2 aromatic carbocycles. The zero-order valence-electron chi connectivity index (χ0n) is 12.9. The molecule has 0 radical (unpaired) electrons. The van der Waals surface area contributed by atoms with Crippen LogP contribution in [-0.2, 0) is 19.3 Å². The Balaban J connectivity index is 1.46. The van der Waals surface area contributed by atoms with Crippen LogP contribution in [0.3, 0.4) is 0 Å². The van der Waals surface area contributed by atoms with Crippen molar-refractivity contribution in [3.63, 3.8) is 0 Å². The molecule has 0 aromatic heterocycles. The predicted octanol–water partition coefficient (Wildman–Crippen LogP) is 2.96. The Hall–Kier alpha value is -2.33. The predicted molar refractivity (Wildman–Crippen MR) is 89.5 cm³/mol. The van der Waals surface area contributed by atoms with Crippen LogP contribution in [0.1, 0.15) is 34.7 Å². The highest BCUT2D eigenvalue weighted by molar-refractivity contribution is 5.89. The minimum absolute atomic E-state index is 0.274. The van der Waals surface area contributed by atoms with Gasteiger partial charge in [0.1, 0.15) is 0 Å².